The molecule has 2 rings (SSSR count). The number of carbonyl (C=O) groups excluding carboxylic acids is 1. The molecule has 0 spiro atoms. The molecule has 0 saturated heterocycles. The fraction of sp³-hybridized carbons (Fsp3) is 0.333. The summed E-state index contributed by atoms with van der Waals surface area (Å²) in [5.74, 6) is 0.810. The SMILES string of the molecule is CCNC(=NCc1cccc(OCC(N)=O)c1)NCCOCc1ccccc1.I. The van der Waals surface area contributed by atoms with E-state index >= 15 is 0 Å². The molecule has 0 fully saturated rings. The highest BCUT2D eigenvalue weighted by Crippen LogP contribution is 2.13. The number of hydrogen-bond donors (Lipinski definition) is 3. The maximum atomic E-state index is 10.8. The van der Waals surface area contributed by atoms with Crippen LogP contribution in [0.4, 0.5) is 0 Å². The summed E-state index contributed by atoms with van der Waals surface area (Å²) in [6.07, 6.45) is 0. The Morgan fingerprint density at radius 1 is 1.07 bits per heavy atom. The van der Waals surface area contributed by atoms with E-state index in [4.69, 9.17) is 15.2 Å². The smallest absolute Gasteiger partial charge is 0.255 e. The van der Waals surface area contributed by atoms with Crippen molar-refractivity contribution in [2.75, 3.05) is 26.3 Å². The summed E-state index contributed by atoms with van der Waals surface area (Å²) < 4.78 is 11.0. The second-order valence-electron chi connectivity index (χ2n) is 6.06. The predicted molar refractivity (Wildman–Crippen MR) is 125 cm³/mol. The van der Waals surface area contributed by atoms with Gasteiger partial charge in [-0.2, -0.15) is 0 Å². The molecule has 2 aromatic carbocycles. The van der Waals surface area contributed by atoms with E-state index in [2.05, 4.69) is 15.6 Å². The number of ether oxygens (including phenoxy) is 2. The molecule has 0 unspecified atom stereocenters. The number of amides is 1. The van der Waals surface area contributed by atoms with Gasteiger partial charge in [-0.15, -0.1) is 24.0 Å². The van der Waals surface area contributed by atoms with Gasteiger partial charge in [-0.05, 0) is 30.2 Å². The Hall–Kier alpha value is -2.33. The van der Waals surface area contributed by atoms with Crippen molar-refractivity contribution < 1.29 is 14.3 Å². The molecule has 0 saturated carbocycles. The minimum absolute atomic E-state index is 0. The molecular formula is C21H29IN4O3. The third kappa shape index (κ3) is 10.7. The summed E-state index contributed by atoms with van der Waals surface area (Å²) in [6, 6.07) is 17.5. The van der Waals surface area contributed by atoms with E-state index in [1.807, 2.05) is 55.5 Å². The van der Waals surface area contributed by atoms with E-state index in [-0.39, 0.29) is 30.6 Å². The van der Waals surface area contributed by atoms with E-state index in [1.165, 1.54) is 0 Å². The molecule has 2 aromatic rings. The van der Waals surface area contributed by atoms with Crippen LogP contribution in [0.2, 0.25) is 0 Å². The van der Waals surface area contributed by atoms with Crippen LogP contribution in [0.1, 0.15) is 18.1 Å². The van der Waals surface area contributed by atoms with Crippen LogP contribution in [0.15, 0.2) is 59.6 Å². The number of aliphatic imine (C=N–C) groups is 1. The van der Waals surface area contributed by atoms with Crippen LogP contribution in [0, 0.1) is 0 Å². The van der Waals surface area contributed by atoms with Crippen molar-refractivity contribution in [3.05, 3.63) is 65.7 Å². The molecule has 0 aliphatic heterocycles. The first kappa shape index (κ1) is 24.7. The number of carbonyl (C=O) groups is 1. The Labute approximate surface area is 189 Å². The third-order valence-electron chi connectivity index (χ3n) is 3.69. The van der Waals surface area contributed by atoms with Gasteiger partial charge in [0.05, 0.1) is 19.8 Å². The van der Waals surface area contributed by atoms with Crippen molar-refractivity contribution in [1.82, 2.24) is 10.6 Å². The van der Waals surface area contributed by atoms with E-state index in [1.54, 1.807) is 6.07 Å². The number of primary amides is 1. The molecule has 0 heterocycles. The Balaban J connectivity index is 0.00000420. The predicted octanol–water partition coefficient (Wildman–Crippen LogP) is 2.44. The first-order chi connectivity index (χ1) is 13.7. The van der Waals surface area contributed by atoms with E-state index in [9.17, 15) is 4.79 Å². The third-order valence-corrected chi connectivity index (χ3v) is 3.69. The van der Waals surface area contributed by atoms with Crippen molar-refractivity contribution >= 4 is 35.8 Å². The number of nitrogens with two attached hydrogens (primary N) is 1. The normalized spacial score (nSPS) is 10.7. The minimum atomic E-state index is -0.503. The zero-order valence-corrected chi connectivity index (χ0v) is 18.9. The van der Waals surface area contributed by atoms with Crippen LogP contribution in [-0.4, -0.2) is 38.2 Å². The monoisotopic (exact) mass is 512 g/mol. The highest BCUT2D eigenvalue weighted by atomic mass is 127. The van der Waals surface area contributed by atoms with Crippen molar-refractivity contribution in [3.8, 4) is 5.75 Å². The van der Waals surface area contributed by atoms with Gasteiger partial charge in [-0.1, -0.05) is 42.5 Å². The van der Waals surface area contributed by atoms with Crippen molar-refractivity contribution in [2.24, 2.45) is 10.7 Å². The Morgan fingerprint density at radius 2 is 1.83 bits per heavy atom. The van der Waals surface area contributed by atoms with E-state index in [0.717, 1.165) is 17.7 Å². The Kier molecular flexibility index (Phi) is 12.5. The maximum absolute atomic E-state index is 10.8. The zero-order valence-electron chi connectivity index (χ0n) is 16.6. The van der Waals surface area contributed by atoms with Gasteiger partial charge in [-0.25, -0.2) is 4.99 Å². The Morgan fingerprint density at radius 3 is 2.55 bits per heavy atom. The molecular weight excluding hydrogens is 483 g/mol. The van der Waals surface area contributed by atoms with Gasteiger partial charge in [0.25, 0.3) is 5.91 Å². The van der Waals surface area contributed by atoms with Gasteiger partial charge in [0, 0.05) is 13.1 Å². The van der Waals surface area contributed by atoms with Crippen LogP contribution < -0.4 is 21.1 Å². The number of rotatable bonds is 11. The van der Waals surface area contributed by atoms with Crippen LogP contribution in [-0.2, 0) is 22.7 Å². The quantitative estimate of drug-likeness (QED) is 0.186. The lowest BCUT2D eigenvalue weighted by Crippen LogP contribution is -2.38. The number of halogens is 1. The standard InChI is InChI=1S/C21H28N4O3.HI/c1-2-23-21(24-11-12-27-15-17-7-4-3-5-8-17)25-14-18-9-6-10-19(13-18)28-16-20(22)26;/h3-10,13H,2,11-12,14-16H2,1H3,(H2,22,26)(H2,23,24,25);1H. The average Bonchev–Trinajstić information content (AvgIpc) is 2.71. The highest BCUT2D eigenvalue weighted by Gasteiger charge is 2.01. The molecule has 0 bridgehead atoms. The summed E-state index contributed by atoms with van der Waals surface area (Å²) in [5, 5.41) is 6.46. The number of nitrogens with one attached hydrogen (secondary N) is 2. The molecule has 0 atom stereocenters. The fourth-order valence-corrected chi connectivity index (χ4v) is 2.41. The van der Waals surface area contributed by atoms with Crippen LogP contribution >= 0.6 is 24.0 Å². The van der Waals surface area contributed by atoms with E-state index < -0.39 is 5.91 Å². The van der Waals surface area contributed by atoms with Crippen molar-refractivity contribution in [3.63, 3.8) is 0 Å². The van der Waals surface area contributed by atoms with E-state index in [0.29, 0.717) is 38.0 Å². The van der Waals surface area contributed by atoms with Gasteiger partial charge < -0.3 is 25.8 Å². The average molecular weight is 512 g/mol. The van der Waals surface area contributed by atoms with Crippen molar-refractivity contribution in [1.29, 1.82) is 0 Å². The maximum Gasteiger partial charge on any atom is 0.255 e. The summed E-state index contributed by atoms with van der Waals surface area (Å²) in [6.45, 7) is 4.94. The molecule has 29 heavy (non-hydrogen) atoms. The molecule has 8 heteroatoms. The molecule has 0 aliphatic rings. The first-order valence-electron chi connectivity index (χ1n) is 9.31. The van der Waals surface area contributed by atoms with Gasteiger partial charge in [0.15, 0.2) is 12.6 Å². The molecule has 0 aliphatic carbocycles. The van der Waals surface area contributed by atoms with Crippen LogP contribution in [0.5, 0.6) is 5.75 Å². The van der Waals surface area contributed by atoms with Gasteiger partial charge in [0.2, 0.25) is 0 Å². The molecule has 4 N–H and O–H groups in total. The van der Waals surface area contributed by atoms with Crippen LogP contribution in [0.25, 0.3) is 0 Å². The molecule has 0 radical (unpaired) electrons. The number of benzene rings is 2. The summed E-state index contributed by atoms with van der Waals surface area (Å²) >= 11 is 0. The second-order valence-corrected chi connectivity index (χ2v) is 6.06. The van der Waals surface area contributed by atoms with Crippen molar-refractivity contribution in [2.45, 2.75) is 20.1 Å². The lowest BCUT2D eigenvalue weighted by Gasteiger charge is -2.12. The summed E-state index contributed by atoms with van der Waals surface area (Å²) in [4.78, 5) is 15.4. The van der Waals surface area contributed by atoms with Gasteiger partial charge >= 0.3 is 0 Å². The minimum Gasteiger partial charge on any atom is -0.484 e. The zero-order chi connectivity index (χ0) is 20.0. The van der Waals surface area contributed by atoms with Gasteiger partial charge in [-0.3, -0.25) is 4.79 Å². The number of guanidine groups is 1. The largest absolute Gasteiger partial charge is 0.484 e. The highest BCUT2D eigenvalue weighted by molar-refractivity contribution is 14.0. The Bertz CT molecular complexity index is 757. The second kappa shape index (κ2) is 14.6. The molecule has 0 aromatic heterocycles. The van der Waals surface area contributed by atoms with Gasteiger partial charge in [0.1, 0.15) is 5.75 Å². The lowest BCUT2D eigenvalue weighted by atomic mass is 10.2. The lowest BCUT2D eigenvalue weighted by molar-refractivity contribution is -0.119. The molecule has 158 valence electrons. The number of nitrogens with zero attached hydrogens (tertiary/aromatic N) is 1. The number of hydrogen-bond acceptors (Lipinski definition) is 4. The first-order valence-corrected chi connectivity index (χ1v) is 9.31. The topological polar surface area (TPSA) is 98.0 Å². The summed E-state index contributed by atoms with van der Waals surface area (Å²) in [5.41, 5.74) is 7.22. The summed E-state index contributed by atoms with van der Waals surface area (Å²) in [7, 11) is 0. The van der Waals surface area contributed by atoms with Crippen LogP contribution in [0.3, 0.4) is 0 Å². The molecule has 7 nitrogen and oxygen atoms in total. The molecule has 1 amide bonds. The fourth-order valence-electron chi connectivity index (χ4n) is 2.41.